The maximum atomic E-state index is 13.5. The number of amides is 1. The second-order valence-corrected chi connectivity index (χ2v) is 7.77. The van der Waals surface area contributed by atoms with E-state index in [0.29, 0.717) is 12.0 Å². The number of carbonyl (C=O) groups excluding carboxylic acids is 1. The predicted octanol–water partition coefficient (Wildman–Crippen LogP) is 4.04. The van der Waals surface area contributed by atoms with Crippen LogP contribution >= 0.6 is 0 Å². The number of rotatable bonds is 5. The van der Waals surface area contributed by atoms with Crippen LogP contribution in [0, 0.1) is 6.92 Å². The fourth-order valence-electron chi connectivity index (χ4n) is 3.59. The number of fused-ring (bicyclic) bond motifs is 1. The van der Waals surface area contributed by atoms with E-state index in [1.54, 1.807) is 15.8 Å². The molecule has 152 valence electrons. The number of aryl methyl sites for hydroxylation is 2. The van der Waals surface area contributed by atoms with Crippen molar-refractivity contribution in [2.75, 3.05) is 7.05 Å². The first-order valence-corrected chi connectivity index (χ1v) is 10.00. The Morgan fingerprint density at radius 3 is 2.73 bits per heavy atom. The zero-order valence-corrected chi connectivity index (χ0v) is 17.7. The van der Waals surface area contributed by atoms with Gasteiger partial charge in [-0.2, -0.15) is 5.10 Å². The van der Waals surface area contributed by atoms with Gasteiger partial charge in [0.15, 0.2) is 0 Å². The maximum absolute atomic E-state index is 13.5. The monoisotopic (exact) mass is 399 g/mol. The summed E-state index contributed by atoms with van der Waals surface area (Å²) in [6.07, 6.45) is 6.18. The van der Waals surface area contributed by atoms with Crippen molar-refractivity contribution in [3.8, 4) is 11.3 Å². The van der Waals surface area contributed by atoms with Crippen LogP contribution in [-0.2, 0) is 13.5 Å². The topological polar surface area (TPSA) is 63.9 Å². The molecule has 0 saturated heterocycles. The minimum absolute atomic E-state index is 0.000527. The van der Waals surface area contributed by atoms with Gasteiger partial charge in [0.05, 0.1) is 23.0 Å². The third-order valence-corrected chi connectivity index (χ3v) is 5.41. The van der Waals surface area contributed by atoms with E-state index in [1.165, 1.54) is 5.56 Å². The van der Waals surface area contributed by atoms with Crippen LogP contribution in [0.5, 0.6) is 0 Å². The van der Waals surface area contributed by atoms with E-state index in [4.69, 9.17) is 4.98 Å². The summed E-state index contributed by atoms with van der Waals surface area (Å²) >= 11 is 0. The molecule has 0 bridgehead atoms. The first kappa shape index (κ1) is 19.8. The van der Waals surface area contributed by atoms with E-state index in [9.17, 15) is 4.79 Å². The minimum atomic E-state index is -0.0288. The Morgan fingerprint density at radius 2 is 2.00 bits per heavy atom. The molecular formula is C24H25N5O. The summed E-state index contributed by atoms with van der Waals surface area (Å²) in [7, 11) is 3.72. The highest BCUT2D eigenvalue weighted by atomic mass is 16.2. The van der Waals surface area contributed by atoms with Gasteiger partial charge in [-0.3, -0.25) is 14.5 Å². The second-order valence-electron chi connectivity index (χ2n) is 7.77. The SMILES string of the molecule is Cc1ccnc(CC(C)N(C)C(=O)c2cc(-c3cnn(C)c3)nc3ccccc23)c1. The largest absolute Gasteiger partial charge is 0.339 e. The Kier molecular flexibility index (Phi) is 5.31. The summed E-state index contributed by atoms with van der Waals surface area (Å²) in [5, 5.41) is 5.09. The van der Waals surface area contributed by atoms with Crippen LogP contribution in [0.1, 0.15) is 28.5 Å². The van der Waals surface area contributed by atoms with Gasteiger partial charge >= 0.3 is 0 Å². The highest BCUT2D eigenvalue weighted by Crippen LogP contribution is 2.26. The van der Waals surface area contributed by atoms with Gasteiger partial charge < -0.3 is 4.90 Å². The number of benzene rings is 1. The minimum Gasteiger partial charge on any atom is -0.339 e. The summed E-state index contributed by atoms with van der Waals surface area (Å²) in [5.41, 5.74) is 5.22. The third kappa shape index (κ3) is 3.94. The molecule has 1 atom stereocenters. The zero-order chi connectivity index (χ0) is 21.3. The number of hydrogen-bond donors (Lipinski definition) is 0. The standard InChI is InChI=1S/C24H25N5O/c1-16-9-10-25-19(11-16)12-17(2)29(4)24(30)21-13-23(18-14-26-28(3)15-18)27-22-8-6-5-7-20(21)22/h5-11,13-15,17H,12H2,1-4H3. The highest BCUT2D eigenvalue weighted by Gasteiger charge is 2.22. The number of pyridine rings is 2. The lowest BCUT2D eigenvalue weighted by molar-refractivity contribution is 0.0745. The molecule has 0 fully saturated rings. The molecule has 0 aliphatic rings. The van der Waals surface area contributed by atoms with Crippen LogP contribution in [0.25, 0.3) is 22.2 Å². The number of hydrogen-bond acceptors (Lipinski definition) is 4. The van der Waals surface area contributed by atoms with Crippen LogP contribution in [0.15, 0.2) is 61.1 Å². The smallest absolute Gasteiger partial charge is 0.254 e. The first-order valence-electron chi connectivity index (χ1n) is 10.00. The molecule has 30 heavy (non-hydrogen) atoms. The van der Waals surface area contributed by atoms with Gasteiger partial charge in [-0.25, -0.2) is 4.98 Å². The fourth-order valence-corrected chi connectivity index (χ4v) is 3.59. The van der Waals surface area contributed by atoms with Gasteiger partial charge in [0.25, 0.3) is 5.91 Å². The van der Waals surface area contributed by atoms with Gasteiger partial charge in [0, 0.05) is 55.6 Å². The van der Waals surface area contributed by atoms with Gasteiger partial charge in [-0.1, -0.05) is 18.2 Å². The third-order valence-electron chi connectivity index (χ3n) is 5.41. The van der Waals surface area contributed by atoms with Crippen LogP contribution in [0.2, 0.25) is 0 Å². The Hall–Kier alpha value is -3.54. The van der Waals surface area contributed by atoms with Crippen LogP contribution in [0.4, 0.5) is 0 Å². The Labute approximate surface area is 176 Å². The van der Waals surface area contributed by atoms with Crippen molar-refractivity contribution in [1.29, 1.82) is 0 Å². The molecular weight excluding hydrogens is 374 g/mol. The molecule has 3 heterocycles. The molecule has 1 unspecified atom stereocenters. The Bertz CT molecular complexity index is 1210. The van der Waals surface area contributed by atoms with E-state index >= 15 is 0 Å². The lowest BCUT2D eigenvalue weighted by Gasteiger charge is -2.25. The summed E-state index contributed by atoms with van der Waals surface area (Å²) in [6, 6.07) is 13.7. The maximum Gasteiger partial charge on any atom is 0.254 e. The number of carbonyl (C=O) groups is 1. The quantitative estimate of drug-likeness (QED) is 0.508. The molecule has 0 aliphatic carbocycles. The molecule has 0 saturated carbocycles. The number of para-hydroxylation sites is 1. The van der Waals surface area contributed by atoms with Crippen molar-refractivity contribution in [2.24, 2.45) is 7.05 Å². The average molecular weight is 399 g/mol. The molecule has 6 nitrogen and oxygen atoms in total. The van der Waals surface area contributed by atoms with Crippen molar-refractivity contribution >= 4 is 16.8 Å². The lowest BCUT2D eigenvalue weighted by Crippen LogP contribution is -2.36. The fraction of sp³-hybridized carbons (Fsp3) is 0.250. The van der Waals surface area contributed by atoms with E-state index < -0.39 is 0 Å². The first-order chi connectivity index (χ1) is 14.4. The molecule has 4 aromatic rings. The summed E-state index contributed by atoms with van der Waals surface area (Å²) in [5.74, 6) is -0.0288. The van der Waals surface area contributed by atoms with Crippen LogP contribution in [0.3, 0.4) is 0 Å². The van der Waals surface area contributed by atoms with E-state index in [-0.39, 0.29) is 11.9 Å². The normalized spacial score (nSPS) is 12.1. The summed E-state index contributed by atoms with van der Waals surface area (Å²) in [4.78, 5) is 24.5. The molecule has 6 heteroatoms. The van der Waals surface area contributed by atoms with Crippen molar-refractivity contribution < 1.29 is 4.79 Å². The molecule has 0 spiro atoms. The zero-order valence-electron chi connectivity index (χ0n) is 17.7. The lowest BCUT2D eigenvalue weighted by atomic mass is 10.0. The molecule has 0 N–H and O–H groups in total. The van der Waals surface area contributed by atoms with Crippen molar-refractivity contribution in [3.05, 3.63) is 77.9 Å². The van der Waals surface area contributed by atoms with E-state index in [0.717, 1.165) is 27.9 Å². The van der Waals surface area contributed by atoms with Crippen molar-refractivity contribution in [1.82, 2.24) is 24.6 Å². The van der Waals surface area contributed by atoms with E-state index in [2.05, 4.69) is 16.1 Å². The molecule has 0 radical (unpaired) electrons. The number of aromatic nitrogens is 4. The molecule has 1 aromatic carbocycles. The highest BCUT2D eigenvalue weighted by molar-refractivity contribution is 6.07. The average Bonchev–Trinajstić information content (AvgIpc) is 3.18. The second kappa shape index (κ2) is 8.06. The van der Waals surface area contributed by atoms with Gasteiger partial charge in [0.1, 0.15) is 0 Å². The Morgan fingerprint density at radius 1 is 1.20 bits per heavy atom. The van der Waals surface area contributed by atoms with Gasteiger partial charge in [0.2, 0.25) is 0 Å². The summed E-state index contributed by atoms with van der Waals surface area (Å²) < 4.78 is 1.73. The summed E-state index contributed by atoms with van der Waals surface area (Å²) in [6.45, 7) is 4.10. The van der Waals surface area contributed by atoms with E-state index in [1.807, 2.05) is 76.7 Å². The predicted molar refractivity (Wildman–Crippen MR) is 118 cm³/mol. The Balaban J connectivity index is 1.69. The van der Waals surface area contributed by atoms with Crippen molar-refractivity contribution in [3.63, 3.8) is 0 Å². The number of nitrogens with zero attached hydrogens (tertiary/aromatic N) is 5. The van der Waals surface area contributed by atoms with Crippen molar-refractivity contribution in [2.45, 2.75) is 26.3 Å². The van der Waals surface area contributed by atoms with Gasteiger partial charge in [-0.05, 0) is 43.7 Å². The van der Waals surface area contributed by atoms with Crippen LogP contribution in [-0.4, -0.2) is 43.6 Å². The molecule has 4 rings (SSSR count). The molecule has 3 aromatic heterocycles. The molecule has 0 aliphatic heterocycles. The number of likely N-dealkylation sites (N-methyl/N-ethyl adjacent to an activating group) is 1. The van der Waals surface area contributed by atoms with Crippen LogP contribution < -0.4 is 0 Å². The molecule has 1 amide bonds. The van der Waals surface area contributed by atoms with Gasteiger partial charge in [-0.15, -0.1) is 0 Å².